The molecule has 4 heteroatoms. The molecule has 0 aliphatic carbocycles. The molecule has 0 unspecified atom stereocenters. The molecule has 3 nitrogen and oxygen atoms in total. The van der Waals surface area contributed by atoms with Gasteiger partial charge in [0.2, 0.25) is 0 Å². The van der Waals surface area contributed by atoms with Gasteiger partial charge >= 0.3 is 0 Å². The molecule has 116 valence electrons. The third-order valence-electron chi connectivity index (χ3n) is 3.33. The molecule has 1 N–H and O–H groups in total. The molecule has 0 aromatic heterocycles. The molecule has 0 fully saturated rings. The van der Waals surface area contributed by atoms with E-state index < -0.39 is 0 Å². The molecule has 1 aromatic rings. The molecular formula is C17H26N2OS. The van der Waals surface area contributed by atoms with E-state index in [1.807, 2.05) is 24.3 Å². The lowest BCUT2D eigenvalue weighted by Crippen LogP contribution is -2.43. The van der Waals surface area contributed by atoms with Crippen LogP contribution in [0, 0.1) is 0 Å². The van der Waals surface area contributed by atoms with E-state index in [4.69, 9.17) is 12.2 Å². The lowest BCUT2D eigenvalue weighted by atomic mass is 10.0. The van der Waals surface area contributed by atoms with Gasteiger partial charge in [-0.15, -0.1) is 0 Å². The van der Waals surface area contributed by atoms with Crippen LogP contribution in [0.3, 0.4) is 0 Å². The van der Waals surface area contributed by atoms with Crippen molar-refractivity contribution in [1.29, 1.82) is 0 Å². The summed E-state index contributed by atoms with van der Waals surface area (Å²) < 4.78 is 0. The maximum Gasteiger partial charge on any atom is 0.257 e. The number of hydrogen-bond acceptors (Lipinski definition) is 2. The average Bonchev–Trinajstić information content (AvgIpc) is 2.47. The molecule has 0 aliphatic heterocycles. The van der Waals surface area contributed by atoms with E-state index in [-0.39, 0.29) is 5.91 Å². The number of carbonyl (C=O) groups is 1. The van der Waals surface area contributed by atoms with E-state index in [9.17, 15) is 4.79 Å². The zero-order valence-corrected chi connectivity index (χ0v) is 14.3. The molecule has 0 radical (unpaired) electrons. The van der Waals surface area contributed by atoms with Crippen molar-refractivity contribution in [3.8, 4) is 0 Å². The summed E-state index contributed by atoms with van der Waals surface area (Å²) in [7, 11) is 0. The van der Waals surface area contributed by atoms with Gasteiger partial charge in [-0.1, -0.05) is 39.8 Å². The first-order valence-electron chi connectivity index (χ1n) is 7.69. The van der Waals surface area contributed by atoms with Crippen LogP contribution in [-0.2, 0) is 0 Å². The summed E-state index contributed by atoms with van der Waals surface area (Å²) in [5, 5.41) is 3.36. The number of benzene rings is 1. The van der Waals surface area contributed by atoms with Gasteiger partial charge in [0.1, 0.15) is 0 Å². The lowest BCUT2D eigenvalue weighted by Gasteiger charge is -2.24. The van der Waals surface area contributed by atoms with Crippen LogP contribution in [0.5, 0.6) is 0 Å². The second-order valence-electron chi connectivity index (χ2n) is 5.52. The van der Waals surface area contributed by atoms with Crippen molar-refractivity contribution in [2.45, 2.75) is 46.5 Å². The van der Waals surface area contributed by atoms with Crippen molar-refractivity contribution in [3.05, 3.63) is 35.4 Å². The highest BCUT2D eigenvalue weighted by Crippen LogP contribution is 2.14. The molecule has 1 amide bonds. The van der Waals surface area contributed by atoms with Crippen molar-refractivity contribution in [1.82, 2.24) is 10.2 Å². The molecule has 0 saturated heterocycles. The van der Waals surface area contributed by atoms with Crippen LogP contribution in [0.15, 0.2) is 24.3 Å². The minimum absolute atomic E-state index is 0.132. The predicted octanol–water partition coefficient (Wildman–Crippen LogP) is 3.95. The lowest BCUT2D eigenvalue weighted by molar-refractivity contribution is 0.0973. The number of hydrogen-bond donors (Lipinski definition) is 1. The Kier molecular flexibility index (Phi) is 7.37. The Hall–Kier alpha value is -1.42. The summed E-state index contributed by atoms with van der Waals surface area (Å²) >= 11 is 5.34. The van der Waals surface area contributed by atoms with Crippen LogP contribution in [-0.4, -0.2) is 29.0 Å². The Bertz CT molecular complexity index is 462. The molecular weight excluding hydrogens is 280 g/mol. The highest BCUT2D eigenvalue weighted by Gasteiger charge is 2.13. The first kappa shape index (κ1) is 17.6. The zero-order chi connectivity index (χ0) is 15.8. The maximum absolute atomic E-state index is 12.2. The first-order valence-corrected chi connectivity index (χ1v) is 8.10. The summed E-state index contributed by atoms with van der Waals surface area (Å²) in [6, 6.07) is 7.71. The normalized spacial score (nSPS) is 10.5. The van der Waals surface area contributed by atoms with Gasteiger partial charge in [-0.3, -0.25) is 10.1 Å². The highest BCUT2D eigenvalue weighted by molar-refractivity contribution is 7.80. The summed E-state index contributed by atoms with van der Waals surface area (Å²) in [4.78, 5) is 14.3. The SMILES string of the molecule is CCCN(CCC)C(=S)NC(=O)c1ccc(C(C)C)cc1. The van der Waals surface area contributed by atoms with Crippen molar-refractivity contribution < 1.29 is 4.79 Å². The summed E-state index contributed by atoms with van der Waals surface area (Å²) in [5.74, 6) is 0.334. The Morgan fingerprint density at radius 3 is 2.10 bits per heavy atom. The monoisotopic (exact) mass is 306 g/mol. The standard InChI is InChI=1S/C17H26N2OS/c1-5-11-19(12-6-2)17(21)18-16(20)15-9-7-14(8-10-15)13(3)4/h7-10,13H,5-6,11-12H2,1-4H3,(H,18,20,21). The molecule has 0 spiro atoms. The summed E-state index contributed by atoms with van der Waals surface area (Å²) in [5.41, 5.74) is 1.88. The van der Waals surface area contributed by atoms with E-state index in [2.05, 4.69) is 37.9 Å². The van der Waals surface area contributed by atoms with E-state index in [0.717, 1.165) is 25.9 Å². The highest BCUT2D eigenvalue weighted by atomic mass is 32.1. The van der Waals surface area contributed by atoms with Gasteiger partial charge in [0, 0.05) is 18.7 Å². The fourth-order valence-electron chi connectivity index (χ4n) is 2.12. The summed E-state index contributed by atoms with van der Waals surface area (Å²) in [6.07, 6.45) is 2.03. The van der Waals surface area contributed by atoms with Crippen LogP contribution < -0.4 is 5.32 Å². The molecule has 0 aliphatic rings. The van der Waals surface area contributed by atoms with E-state index in [0.29, 0.717) is 16.6 Å². The van der Waals surface area contributed by atoms with Crippen LogP contribution in [0.1, 0.15) is 62.4 Å². The Morgan fingerprint density at radius 2 is 1.67 bits per heavy atom. The zero-order valence-electron chi connectivity index (χ0n) is 13.5. The van der Waals surface area contributed by atoms with Gasteiger partial charge in [-0.2, -0.15) is 0 Å². The molecule has 0 saturated carbocycles. The topological polar surface area (TPSA) is 32.3 Å². The third kappa shape index (κ3) is 5.46. The third-order valence-corrected chi connectivity index (χ3v) is 3.69. The van der Waals surface area contributed by atoms with Crippen molar-refractivity contribution in [2.24, 2.45) is 0 Å². The van der Waals surface area contributed by atoms with Crippen LogP contribution >= 0.6 is 12.2 Å². The molecule has 1 rings (SSSR count). The van der Waals surface area contributed by atoms with Gasteiger partial charge < -0.3 is 4.90 Å². The Morgan fingerprint density at radius 1 is 1.14 bits per heavy atom. The van der Waals surface area contributed by atoms with Gasteiger partial charge in [-0.25, -0.2) is 0 Å². The number of carbonyl (C=O) groups excluding carboxylic acids is 1. The van der Waals surface area contributed by atoms with E-state index in [1.54, 1.807) is 0 Å². The fourth-order valence-corrected chi connectivity index (χ4v) is 2.40. The van der Waals surface area contributed by atoms with Crippen LogP contribution in [0.4, 0.5) is 0 Å². The number of amides is 1. The number of thiocarbonyl (C=S) groups is 1. The van der Waals surface area contributed by atoms with Gasteiger partial charge in [-0.05, 0) is 48.7 Å². The number of nitrogens with zero attached hydrogens (tertiary/aromatic N) is 1. The Labute approximate surface area is 133 Å². The minimum Gasteiger partial charge on any atom is -0.349 e. The largest absolute Gasteiger partial charge is 0.349 e. The van der Waals surface area contributed by atoms with Crippen LogP contribution in [0.25, 0.3) is 0 Å². The first-order chi connectivity index (χ1) is 9.99. The maximum atomic E-state index is 12.2. The molecule has 0 heterocycles. The smallest absolute Gasteiger partial charge is 0.257 e. The second kappa shape index (κ2) is 8.78. The molecule has 0 atom stereocenters. The van der Waals surface area contributed by atoms with Gasteiger partial charge in [0.05, 0.1) is 0 Å². The second-order valence-corrected chi connectivity index (χ2v) is 5.91. The van der Waals surface area contributed by atoms with Gasteiger partial charge in [0.15, 0.2) is 5.11 Å². The fraction of sp³-hybridized carbons (Fsp3) is 0.529. The quantitative estimate of drug-likeness (QED) is 0.808. The van der Waals surface area contributed by atoms with Crippen LogP contribution in [0.2, 0.25) is 0 Å². The van der Waals surface area contributed by atoms with Crippen molar-refractivity contribution in [3.63, 3.8) is 0 Å². The summed E-state index contributed by atoms with van der Waals surface area (Å²) in [6.45, 7) is 10.2. The van der Waals surface area contributed by atoms with E-state index in [1.165, 1.54) is 5.56 Å². The van der Waals surface area contributed by atoms with E-state index >= 15 is 0 Å². The molecule has 1 aromatic carbocycles. The molecule has 21 heavy (non-hydrogen) atoms. The number of rotatable bonds is 6. The predicted molar refractivity (Wildman–Crippen MR) is 92.8 cm³/mol. The van der Waals surface area contributed by atoms with Crippen molar-refractivity contribution in [2.75, 3.05) is 13.1 Å². The number of nitrogens with one attached hydrogen (secondary N) is 1. The molecule has 0 bridgehead atoms. The average molecular weight is 306 g/mol. The van der Waals surface area contributed by atoms with Crippen molar-refractivity contribution >= 4 is 23.2 Å². The minimum atomic E-state index is -0.132. The Balaban J connectivity index is 2.68. The van der Waals surface area contributed by atoms with Gasteiger partial charge in [0.25, 0.3) is 5.91 Å².